The second-order valence-corrected chi connectivity index (χ2v) is 7.45. The van der Waals surface area contributed by atoms with Gasteiger partial charge in [-0.25, -0.2) is 4.98 Å². The first kappa shape index (κ1) is 23.9. The van der Waals surface area contributed by atoms with E-state index < -0.39 is 11.8 Å². The quantitative estimate of drug-likeness (QED) is 0.270. The maximum Gasteiger partial charge on any atom is 0.284 e. The molecule has 0 fully saturated rings. The summed E-state index contributed by atoms with van der Waals surface area (Å²) in [5.41, 5.74) is 10.1. The van der Waals surface area contributed by atoms with Crippen LogP contribution in [0.3, 0.4) is 0 Å². The molecule has 0 atom stereocenters. The maximum absolute atomic E-state index is 12.3. The van der Waals surface area contributed by atoms with Gasteiger partial charge in [0.1, 0.15) is 11.4 Å². The molecule has 1 heterocycles. The minimum Gasteiger partial charge on any atom is -0.364 e. The van der Waals surface area contributed by atoms with E-state index in [2.05, 4.69) is 16.9 Å². The van der Waals surface area contributed by atoms with Gasteiger partial charge in [0.15, 0.2) is 11.6 Å². The standard InChI is InChI=1S/C21H36N4O3/c1-2-3-4-5-6-7-8-9-10-11-12-13-14-15-16(26)17-18(19(22)27)25-21(24-17)20(23)28/h2-15H2,1H3,(H2,22,27)(H2,23,28)(H,24,25). The van der Waals surface area contributed by atoms with Crippen LogP contribution in [0.4, 0.5) is 0 Å². The van der Waals surface area contributed by atoms with Crippen molar-refractivity contribution >= 4 is 17.6 Å². The number of hydrogen-bond donors (Lipinski definition) is 3. The van der Waals surface area contributed by atoms with E-state index >= 15 is 0 Å². The number of imidazole rings is 1. The normalized spacial score (nSPS) is 10.9. The highest BCUT2D eigenvalue weighted by Crippen LogP contribution is 2.15. The molecule has 28 heavy (non-hydrogen) atoms. The van der Waals surface area contributed by atoms with Crippen molar-refractivity contribution in [2.75, 3.05) is 0 Å². The van der Waals surface area contributed by atoms with Crippen molar-refractivity contribution in [2.45, 2.75) is 96.8 Å². The lowest BCUT2D eigenvalue weighted by Gasteiger charge is -2.03. The van der Waals surface area contributed by atoms with E-state index in [4.69, 9.17) is 11.5 Å². The zero-order valence-electron chi connectivity index (χ0n) is 17.2. The number of H-pyrrole nitrogens is 1. The van der Waals surface area contributed by atoms with Crippen molar-refractivity contribution in [3.63, 3.8) is 0 Å². The number of unbranched alkanes of at least 4 members (excludes halogenated alkanes) is 12. The molecule has 5 N–H and O–H groups in total. The van der Waals surface area contributed by atoms with Gasteiger partial charge in [-0.1, -0.05) is 84.0 Å². The van der Waals surface area contributed by atoms with E-state index in [1.807, 2.05) is 0 Å². The highest BCUT2D eigenvalue weighted by Gasteiger charge is 2.22. The Hall–Kier alpha value is -2.18. The number of hydrogen-bond acceptors (Lipinski definition) is 4. The summed E-state index contributed by atoms with van der Waals surface area (Å²) >= 11 is 0. The maximum atomic E-state index is 12.3. The second kappa shape index (κ2) is 13.9. The van der Waals surface area contributed by atoms with E-state index in [1.54, 1.807) is 0 Å². The van der Waals surface area contributed by atoms with Crippen LogP contribution < -0.4 is 11.5 Å². The number of aromatic amines is 1. The van der Waals surface area contributed by atoms with Crippen molar-refractivity contribution in [1.29, 1.82) is 0 Å². The smallest absolute Gasteiger partial charge is 0.284 e. The first-order chi connectivity index (χ1) is 13.5. The number of Topliss-reactive ketones (excluding diaryl/α,β-unsaturated/α-hetero) is 1. The van der Waals surface area contributed by atoms with Crippen molar-refractivity contribution in [3.8, 4) is 0 Å². The van der Waals surface area contributed by atoms with Gasteiger partial charge in [0.05, 0.1) is 0 Å². The van der Waals surface area contributed by atoms with Gasteiger partial charge in [-0.15, -0.1) is 0 Å². The molecule has 7 heteroatoms. The molecule has 0 spiro atoms. The lowest BCUT2D eigenvalue weighted by Crippen LogP contribution is -2.16. The summed E-state index contributed by atoms with van der Waals surface area (Å²) in [7, 11) is 0. The third-order valence-electron chi connectivity index (χ3n) is 4.96. The first-order valence-corrected chi connectivity index (χ1v) is 10.7. The van der Waals surface area contributed by atoms with E-state index in [9.17, 15) is 14.4 Å². The van der Waals surface area contributed by atoms with Crippen LogP contribution in [0.15, 0.2) is 0 Å². The average Bonchev–Trinajstić information content (AvgIpc) is 3.11. The van der Waals surface area contributed by atoms with Gasteiger partial charge in [-0.05, 0) is 6.42 Å². The number of carbonyl (C=O) groups excluding carboxylic acids is 3. The molecule has 158 valence electrons. The van der Waals surface area contributed by atoms with Crippen molar-refractivity contribution in [3.05, 3.63) is 17.2 Å². The van der Waals surface area contributed by atoms with Crippen LogP contribution in [0.1, 0.15) is 128 Å². The highest BCUT2D eigenvalue weighted by atomic mass is 16.2. The van der Waals surface area contributed by atoms with Crippen molar-refractivity contribution in [2.24, 2.45) is 11.5 Å². The topological polar surface area (TPSA) is 132 Å². The van der Waals surface area contributed by atoms with E-state index in [0.717, 1.165) is 19.3 Å². The minimum absolute atomic E-state index is 0.0831. The van der Waals surface area contributed by atoms with Crippen LogP contribution in [0.2, 0.25) is 0 Å². The Bertz CT molecular complexity index is 625. The monoisotopic (exact) mass is 392 g/mol. The molecule has 0 unspecified atom stereocenters. The SMILES string of the molecule is CCCCCCCCCCCCCCCC(=O)c1nc(C(N)=O)[nH]c1C(N)=O. The molecule has 1 rings (SSSR count). The van der Waals surface area contributed by atoms with E-state index in [0.29, 0.717) is 0 Å². The molecule has 0 radical (unpaired) electrons. The Labute approximate surface area is 168 Å². The van der Waals surface area contributed by atoms with Gasteiger partial charge in [0, 0.05) is 6.42 Å². The van der Waals surface area contributed by atoms with Gasteiger partial charge < -0.3 is 16.5 Å². The Morgan fingerprint density at radius 3 is 1.64 bits per heavy atom. The molecule has 0 saturated carbocycles. The fraction of sp³-hybridized carbons (Fsp3) is 0.714. The lowest BCUT2D eigenvalue weighted by molar-refractivity contribution is 0.0950. The Kier molecular flexibility index (Phi) is 11.9. The highest BCUT2D eigenvalue weighted by molar-refractivity contribution is 6.06. The molecular formula is C21H36N4O3. The summed E-state index contributed by atoms with van der Waals surface area (Å²) in [6.45, 7) is 2.24. The molecule has 0 bridgehead atoms. The molecule has 0 aromatic carbocycles. The number of nitrogens with zero attached hydrogens (tertiary/aromatic N) is 1. The molecule has 0 saturated heterocycles. The predicted octanol–water partition coefficient (Wildman–Crippen LogP) is 4.27. The van der Waals surface area contributed by atoms with Gasteiger partial charge in [0.2, 0.25) is 0 Å². The van der Waals surface area contributed by atoms with Crippen LogP contribution in [0.5, 0.6) is 0 Å². The fourth-order valence-corrected chi connectivity index (χ4v) is 3.29. The Balaban J connectivity index is 2.13. The van der Waals surface area contributed by atoms with Crippen LogP contribution in [-0.2, 0) is 0 Å². The third-order valence-corrected chi connectivity index (χ3v) is 4.96. The Morgan fingerprint density at radius 2 is 1.21 bits per heavy atom. The minimum atomic E-state index is -0.831. The number of carbonyl (C=O) groups is 3. The summed E-state index contributed by atoms with van der Waals surface area (Å²) < 4.78 is 0. The van der Waals surface area contributed by atoms with Crippen LogP contribution >= 0.6 is 0 Å². The number of amides is 2. The first-order valence-electron chi connectivity index (χ1n) is 10.7. The molecule has 0 aliphatic carbocycles. The summed E-state index contributed by atoms with van der Waals surface area (Å²) in [4.78, 5) is 41.1. The second-order valence-electron chi connectivity index (χ2n) is 7.45. The van der Waals surface area contributed by atoms with Crippen LogP contribution in [0, 0.1) is 0 Å². The van der Waals surface area contributed by atoms with Gasteiger partial charge in [0.25, 0.3) is 11.8 Å². The number of ketones is 1. The Morgan fingerprint density at radius 1 is 0.750 bits per heavy atom. The fourth-order valence-electron chi connectivity index (χ4n) is 3.29. The summed E-state index contributed by atoms with van der Waals surface area (Å²) in [6, 6.07) is 0. The van der Waals surface area contributed by atoms with Gasteiger partial charge in [-0.3, -0.25) is 14.4 Å². The number of nitrogens with two attached hydrogens (primary N) is 2. The van der Waals surface area contributed by atoms with Gasteiger partial charge >= 0.3 is 0 Å². The molecule has 1 aromatic heterocycles. The van der Waals surface area contributed by atoms with Crippen LogP contribution in [0.25, 0.3) is 0 Å². The number of aromatic nitrogens is 2. The van der Waals surface area contributed by atoms with Crippen molar-refractivity contribution in [1.82, 2.24) is 9.97 Å². The molecule has 7 nitrogen and oxygen atoms in total. The molecule has 1 aromatic rings. The van der Waals surface area contributed by atoms with E-state index in [-0.39, 0.29) is 29.4 Å². The largest absolute Gasteiger partial charge is 0.364 e. The zero-order chi connectivity index (χ0) is 20.8. The number of nitrogens with one attached hydrogen (secondary N) is 1. The third kappa shape index (κ3) is 9.15. The number of rotatable bonds is 17. The summed E-state index contributed by atoms with van der Waals surface area (Å²) in [5, 5.41) is 0. The molecule has 2 amide bonds. The number of primary amides is 2. The van der Waals surface area contributed by atoms with Gasteiger partial charge in [-0.2, -0.15) is 0 Å². The molecule has 0 aliphatic heterocycles. The predicted molar refractivity (Wildman–Crippen MR) is 110 cm³/mol. The van der Waals surface area contributed by atoms with Crippen LogP contribution in [-0.4, -0.2) is 27.6 Å². The summed E-state index contributed by atoms with van der Waals surface area (Å²) in [5.74, 6) is -2.17. The summed E-state index contributed by atoms with van der Waals surface area (Å²) in [6.07, 6.45) is 16.2. The van der Waals surface area contributed by atoms with E-state index in [1.165, 1.54) is 64.2 Å². The van der Waals surface area contributed by atoms with Crippen molar-refractivity contribution < 1.29 is 14.4 Å². The average molecular weight is 393 g/mol. The lowest BCUT2D eigenvalue weighted by atomic mass is 10.0. The molecular weight excluding hydrogens is 356 g/mol. The molecule has 0 aliphatic rings. The zero-order valence-corrected chi connectivity index (χ0v) is 17.2.